The monoisotopic (exact) mass is 381 g/mol. The lowest BCUT2D eigenvalue weighted by Gasteiger charge is -2.16. The zero-order chi connectivity index (χ0) is 19.8. The summed E-state index contributed by atoms with van der Waals surface area (Å²) in [5, 5.41) is 5.78. The van der Waals surface area contributed by atoms with E-state index in [-0.39, 0.29) is 18.5 Å². The van der Waals surface area contributed by atoms with Gasteiger partial charge < -0.3 is 20.3 Å². The number of benzene rings is 2. The predicted molar refractivity (Wildman–Crippen MR) is 109 cm³/mol. The Morgan fingerprint density at radius 1 is 1.07 bits per heavy atom. The number of urea groups is 1. The Hall–Kier alpha value is -3.02. The van der Waals surface area contributed by atoms with Crippen LogP contribution < -0.4 is 15.4 Å². The van der Waals surface area contributed by atoms with Crippen LogP contribution in [0.25, 0.3) is 0 Å². The number of para-hydroxylation sites is 1. The third kappa shape index (κ3) is 5.49. The van der Waals surface area contributed by atoms with Crippen LogP contribution in [0.1, 0.15) is 30.9 Å². The molecule has 0 spiro atoms. The smallest absolute Gasteiger partial charge is 0.321 e. The van der Waals surface area contributed by atoms with Crippen molar-refractivity contribution in [3.8, 4) is 5.75 Å². The minimum absolute atomic E-state index is 0.0254. The van der Waals surface area contributed by atoms with Gasteiger partial charge in [0, 0.05) is 25.3 Å². The van der Waals surface area contributed by atoms with E-state index < -0.39 is 0 Å². The molecule has 2 aromatic rings. The molecule has 2 aromatic carbocycles. The van der Waals surface area contributed by atoms with Crippen molar-refractivity contribution in [2.45, 2.75) is 32.7 Å². The first-order chi connectivity index (χ1) is 13.7. The van der Waals surface area contributed by atoms with Gasteiger partial charge in [-0.15, -0.1) is 0 Å². The molecule has 1 aliphatic heterocycles. The molecule has 0 unspecified atom stereocenters. The molecule has 0 aliphatic carbocycles. The van der Waals surface area contributed by atoms with Crippen molar-refractivity contribution in [2.75, 3.05) is 25.0 Å². The first-order valence-corrected chi connectivity index (χ1v) is 9.78. The van der Waals surface area contributed by atoms with Gasteiger partial charge in [-0.3, -0.25) is 4.79 Å². The summed E-state index contributed by atoms with van der Waals surface area (Å²) in [6.07, 6.45) is 2.97. The molecule has 2 N–H and O–H groups in total. The number of ether oxygens (including phenoxy) is 1. The van der Waals surface area contributed by atoms with Crippen molar-refractivity contribution < 1.29 is 14.3 Å². The highest BCUT2D eigenvalue weighted by atomic mass is 16.5. The maximum atomic E-state index is 12.2. The van der Waals surface area contributed by atoms with Crippen LogP contribution in [-0.2, 0) is 17.8 Å². The highest BCUT2D eigenvalue weighted by Crippen LogP contribution is 2.18. The van der Waals surface area contributed by atoms with Crippen LogP contribution in [0.2, 0.25) is 0 Å². The van der Waals surface area contributed by atoms with E-state index in [4.69, 9.17) is 4.74 Å². The van der Waals surface area contributed by atoms with Crippen molar-refractivity contribution in [3.63, 3.8) is 0 Å². The third-order valence-corrected chi connectivity index (χ3v) is 4.77. The highest BCUT2D eigenvalue weighted by Gasteiger charge is 2.17. The Balaban J connectivity index is 1.47. The fraction of sp³-hybridized carbons (Fsp3) is 0.364. The normalized spacial score (nSPS) is 13.2. The maximum Gasteiger partial charge on any atom is 0.321 e. The molecule has 1 fully saturated rings. The standard InChI is InChI=1S/C22H27N3O3/c1-2-18-9-3-4-11-20(18)28-16-21(26)23-15-17-8-7-10-19(14-17)24-22(27)25-12-5-6-13-25/h3-4,7-11,14H,2,5-6,12-13,15-16H2,1H3,(H,23,26)(H,24,27). The number of rotatable bonds is 7. The second-order valence-corrected chi connectivity index (χ2v) is 6.85. The molecular weight excluding hydrogens is 354 g/mol. The van der Waals surface area contributed by atoms with Crippen molar-refractivity contribution >= 4 is 17.6 Å². The highest BCUT2D eigenvalue weighted by molar-refractivity contribution is 5.89. The number of carbonyl (C=O) groups is 2. The van der Waals surface area contributed by atoms with Crippen LogP contribution in [0.3, 0.4) is 0 Å². The SMILES string of the molecule is CCc1ccccc1OCC(=O)NCc1cccc(NC(=O)N2CCCC2)c1. The minimum atomic E-state index is -0.183. The number of anilines is 1. The summed E-state index contributed by atoms with van der Waals surface area (Å²) in [6, 6.07) is 15.2. The van der Waals surface area contributed by atoms with Crippen LogP contribution in [0, 0.1) is 0 Å². The predicted octanol–water partition coefficient (Wildman–Crippen LogP) is 3.57. The number of carbonyl (C=O) groups excluding carboxylic acids is 2. The zero-order valence-electron chi connectivity index (χ0n) is 16.2. The minimum Gasteiger partial charge on any atom is -0.483 e. The van der Waals surface area contributed by atoms with E-state index in [2.05, 4.69) is 17.6 Å². The summed E-state index contributed by atoms with van der Waals surface area (Å²) in [7, 11) is 0. The van der Waals surface area contributed by atoms with Crippen molar-refractivity contribution in [2.24, 2.45) is 0 Å². The van der Waals surface area contributed by atoms with Gasteiger partial charge in [0.25, 0.3) is 5.91 Å². The average Bonchev–Trinajstić information content (AvgIpc) is 3.26. The Kier molecular flexibility index (Phi) is 6.89. The average molecular weight is 381 g/mol. The molecule has 148 valence electrons. The third-order valence-electron chi connectivity index (χ3n) is 4.77. The van der Waals surface area contributed by atoms with E-state index in [0.717, 1.165) is 54.9 Å². The van der Waals surface area contributed by atoms with Gasteiger partial charge in [0.2, 0.25) is 0 Å². The van der Waals surface area contributed by atoms with E-state index in [1.807, 2.05) is 53.4 Å². The van der Waals surface area contributed by atoms with Crippen molar-refractivity contribution in [1.29, 1.82) is 0 Å². The second-order valence-electron chi connectivity index (χ2n) is 6.85. The first kappa shape index (κ1) is 19.7. The number of nitrogens with zero attached hydrogens (tertiary/aromatic N) is 1. The first-order valence-electron chi connectivity index (χ1n) is 9.78. The largest absolute Gasteiger partial charge is 0.483 e. The van der Waals surface area contributed by atoms with Gasteiger partial charge in [-0.1, -0.05) is 37.3 Å². The summed E-state index contributed by atoms with van der Waals surface area (Å²) in [5.41, 5.74) is 2.73. The van der Waals surface area contributed by atoms with Gasteiger partial charge in [0.1, 0.15) is 5.75 Å². The maximum absolute atomic E-state index is 12.2. The van der Waals surface area contributed by atoms with Crippen molar-refractivity contribution in [1.82, 2.24) is 10.2 Å². The van der Waals surface area contributed by atoms with E-state index >= 15 is 0 Å². The van der Waals surface area contributed by atoms with Gasteiger partial charge in [0.05, 0.1) is 0 Å². The number of hydrogen-bond donors (Lipinski definition) is 2. The summed E-state index contributed by atoms with van der Waals surface area (Å²) < 4.78 is 5.64. The Morgan fingerprint density at radius 2 is 1.86 bits per heavy atom. The molecular formula is C22H27N3O3. The van der Waals surface area contributed by atoms with Gasteiger partial charge in [0.15, 0.2) is 6.61 Å². The molecule has 3 amide bonds. The topological polar surface area (TPSA) is 70.7 Å². The number of hydrogen-bond acceptors (Lipinski definition) is 3. The lowest BCUT2D eigenvalue weighted by molar-refractivity contribution is -0.123. The van der Waals surface area contributed by atoms with E-state index in [0.29, 0.717) is 6.54 Å². The molecule has 6 nitrogen and oxygen atoms in total. The molecule has 28 heavy (non-hydrogen) atoms. The van der Waals surface area contributed by atoms with E-state index in [1.54, 1.807) is 0 Å². The molecule has 0 saturated carbocycles. The molecule has 3 rings (SSSR count). The second kappa shape index (κ2) is 9.78. The van der Waals surface area contributed by atoms with Gasteiger partial charge in [-0.05, 0) is 48.6 Å². The lowest BCUT2D eigenvalue weighted by atomic mass is 10.1. The molecule has 1 aliphatic rings. The molecule has 0 radical (unpaired) electrons. The van der Waals surface area contributed by atoms with E-state index in [9.17, 15) is 9.59 Å². The van der Waals surface area contributed by atoms with Crippen LogP contribution >= 0.6 is 0 Å². The number of amides is 3. The van der Waals surface area contributed by atoms with Gasteiger partial charge in [-0.2, -0.15) is 0 Å². The zero-order valence-corrected chi connectivity index (χ0v) is 16.2. The van der Waals surface area contributed by atoms with E-state index in [1.165, 1.54) is 0 Å². The van der Waals surface area contributed by atoms with Crippen LogP contribution in [0.5, 0.6) is 5.75 Å². The molecule has 0 bridgehead atoms. The Bertz CT molecular complexity index is 816. The molecule has 1 heterocycles. The summed E-state index contributed by atoms with van der Waals surface area (Å²) in [5.74, 6) is 0.559. The molecule has 0 aromatic heterocycles. The Labute approximate surface area is 165 Å². The molecule has 6 heteroatoms. The van der Waals surface area contributed by atoms with Gasteiger partial charge in [-0.25, -0.2) is 4.79 Å². The number of nitrogens with one attached hydrogen (secondary N) is 2. The quantitative estimate of drug-likeness (QED) is 0.770. The number of likely N-dealkylation sites (tertiary alicyclic amines) is 1. The van der Waals surface area contributed by atoms with Crippen LogP contribution in [-0.4, -0.2) is 36.5 Å². The fourth-order valence-corrected chi connectivity index (χ4v) is 3.21. The fourth-order valence-electron chi connectivity index (χ4n) is 3.21. The molecule has 0 atom stereocenters. The number of aryl methyl sites for hydroxylation is 1. The molecule has 1 saturated heterocycles. The van der Waals surface area contributed by atoms with Gasteiger partial charge >= 0.3 is 6.03 Å². The summed E-state index contributed by atoms with van der Waals surface area (Å²) in [4.78, 5) is 26.1. The summed E-state index contributed by atoms with van der Waals surface area (Å²) >= 11 is 0. The lowest BCUT2D eigenvalue weighted by Crippen LogP contribution is -2.32. The van der Waals surface area contributed by atoms with Crippen LogP contribution in [0.15, 0.2) is 48.5 Å². The van der Waals surface area contributed by atoms with Crippen LogP contribution in [0.4, 0.5) is 10.5 Å². The Morgan fingerprint density at radius 3 is 2.64 bits per heavy atom. The van der Waals surface area contributed by atoms with Crippen molar-refractivity contribution in [3.05, 3.63) is 59.7 Å². The summed E-state index contributed by atoms with van der Waals surface area (Å²) in [6.45, 7) is 4.02.